The summed E-state index contributed by atoms with van der Waals surface area (Å²) in [5.41, 5.74) is 3.28. The number of nitrogens with zero attached hydrogens (tertiary/aromatic N) is 7. The van der Waals surface area contributed by atoms with Gasteiger partial charge in [-0.1, -0.05) is 12.1 Å². The molecule has 14 heteroatoms. The van der Waals surface area contributed by atoms with Gasteiger partial charge >= 0.3 is 5.69 Å². The van der Waals surface area contributed by atoms with Crippen molar-refractivity contribution in [3.63, 3.8) is 0 Å². The molecule has 3 amide bonds. The Balaban J connectivity index is 0.874. The summed E-state index contributed by atoms with van der Waals surface area (Å²) < 4.78 is 20.1. The monoisotopic (exact) mass is 693 g/mol. The number of para-hydroxylation sites is 1. The van der Waals surface area contributed by atoms with Crippen LogP contribution < -0.4 is 16.3 Å². The molecule has 0 spiro atoms. The third-order valence-electron chi connectivity index (χ3n) is 11.0. The van der Waals surface area contributed by atoms with E-state index in [2.05, 4.69) is 31.6 Å². The molecule has 1 saturated carbocycles. The fourth-order valence-corrected chi connectivity index (χ4v) is 8.36. The molecule has 1 unspecified atom stereocenters. The van der Waals surface area contributed by atoms with Gasteiger partial charge in [-0.2, -0.15) is 5.10 Å². The lowest BCUT2D eigenvalue weighted by Crippen LogP contribution is -2.44. The predicted molar refractivity (Wildman–Crippen MR) is 188 cm³/mol. The second-order valence-electron chi connectivity index (χ2n) is 14.2. The molecule has 3 aliphatic rings. The smallest absolute Gasteiger partial charge is 0.318 e. The van der Waals surface area contributed by atoms with Crippen molar-refractivity contribution in [2.45, 2.75) is 69.4 Å². The molecule has 8 rings (SSSR count). The van der Waals surface area contributed by atoms with Crippen LogP contribution in [0, 0.1) is 11.7 Å². The van der Waals surface area contributed by atoms with Crippen LogP contribution in [-0.4, -0.2) is 71.1 Å². The minimum absolute atomic E-state index is 0.0801. The molecule has 2 N–H and O–H groups in total. The van der Waals surface area contributed by atoms with Crippen LogP contribution in [0.4, 0.5) is 10.1 Å². The molecule has 5 heterocycles. The maximum absolute atomic E-state index is 14.9. The first-order valence-corrected chi connectivity index (χ1v) is 17.7. The van der Waals surface area contributed by atoms with E-state index in [0.29, 0.717) is 23.8 Å². The van der Waals surface area contributed by atoms with Crippen LogP contribution in [-0.2, 0) is 16.6 Å². The van der Waals surface area contributed by atoms with Crippen LogP contribution in [0.2, 0.25) is 0 Å². The maximum Gasteiger partial charge on any atom is 0.329 e. The van der Waals surface area contributed by atoms with E-state index < -0.39 is 23.7 Å². The second-order valence-corrected chi connectivity index (χ2v) is 14.2. The molecule has 51 heavy (non-hydrogen) atoms. The highest BCUT2D eigenvalue weighted by Gasteiger charge is 2.33. The van der Waals surface area contributed by atoms with Crippen molar-refractivity contribution in [3.8, 4) is 0 Å². The number of halogens is 1. The van der Waals surface area contributed by atoms with Crippen LogP contribution >= 0.6 is 0 Å². The van der Waals surface area contributed by atoms with Crippen molar-refractivity contribution < 1.29 is 18.8 Å². The molecule has 5 aromatic rings. The summed E-state index contributed by atoms with van der Waals surface area (Å²) >= 11 is 0. The van der Waals surface area contributed by atoms with Gasteiger partial charge in [0.25, 0.3) is 5.91 Å². The summed E-state index contributed by atoms with van der Waals surface area (Å²) in [6.07, 6.45) is 12.8. The number of piperidine rings is 2. The predicted octanol–water partition coefficient (Wildman–Crippen LogP) is 4.46. The molecular weight excluding hydrogens is 653 g/mol. The van der Waals surface area contributed by atoms with Gasteiger partial charge in [0, 0.05) is 50.1 Å². The first-order chi connectivity index (χ1) is 24.7. The highest BCUT2D eigenvalue weighted by Crippen LogP contribution is 2.37. The molecule has 2 saturated heterocycles. The number of likely N-dealkylation sites (tertiary alicyclic amines) is 1. The van der Waals surface area contributed by atoms with Crippen LogP contribution in [0.3, 0.4) is 0 Å². The number of anilines is 1. The number of amides is 3. The van der Waals surface area contributed by atoms with Crippen molar-refractivity contribution in [2.75, 3.05) is 25.0 Å². The van der Waals surface area contributed by atoms with Crippen molar-refractivity contribution >= 4 is 45.3 Å². The zero-order valence-electron chi connectivity index (χ0n) is 28.4. The lowest BCUT2D eigenvalue weighted by Gasteiger charge is -2.37. The van der Waals surface area contributed by atoms with Crippen LogP contribution in [0.5, 0.6) is 0 Å². The van der Waals surface area contributed by atoms with E-state index in [1.165, 1.54) is 24.7 Å². The molecule has 2 aliphatic heterocycles. The van der Waals surface area contributed by atoms with Crippen molar-refractivity contribution in [3.05, 3.63) is 82.7 Å². The lowest BCUT2D eigenvalue weighted by molar-refractivity contribution is -0.135. The van der Waals surface area contributed by atoms with Gasteiger partial charge in [-0.3, -0.25) is 38.5 Å². The maximum atomic E-state index is 14.9. The number of hydrogen-bond donors (Lipinski definition) is 2. The Bertz CT molecular complexity index is 2190. The number of nitrogens with one attached hydrogen (secondary N) is 2. The molecule has 2 aromatic carbocycles. The highest BCUT2D eigenvalue weighted by atomic mass is 19.1. The van der Waals surface area contributed by atoms with Crippen LogP contribution in [0.1, 0.15) is 85.4 Å². The third kappa shape index (κ3) is 6.32. The van der Waals surface area contributed by atoms with Gasteiger partial charge in [0.05, 0.1) is 34.5 Å². The molecule has 3 fully saturated rings. The molecule has 1 atom stereocenters. The molecule has 3 aromatic heterocycles. The number of aryl methyl sites for hydroxylation is 1. The van der Waals surface area contributed by atoms with E-state index in [1.54, 1.807) is 22.2 Å². The van der Waals surface area contributed by atoms with Crippen molar-refractivity contribution in [1.82, 2.24) is 39.1 Å². The van der Waals surface area contributed by atoms with E-state index in [4.69, 9.17) is 5.10 Å². The Kier molecular flexibility index (Phi) is 8.70. The van der Waals surface area contributed by atoms with Crippen molar-refractivity contribution in [2.24, 2.45) is 13.0 Å². The standard InChI is InChI=1S/C37H40FN9O4/c1-44-34-26(3-2-4-31(34)47(37(44)51)32-9-10-33(48)42-36(32)50)23-11-15-45(16-12-23)20-22-5-7-25(8-6-22)46-21-24-17-29(27(38)18-28(24)43-46)41-35(49)30-19-39-13-14-40-30/h2-4,13-14,17-19,21-23,25,32H,5-12,15-16,20H2,1H3,(H,41,49)(H,42,48,50). The van der Waals surface area contributed by atoms with E-state index in [-0.39, 0.29) is 35.4 Å². The zero-order valence-corrected chi connectivity index (χ0v) is 28.4. The lowest BCUT2D eigenvalue weighted by atomic mass is 9.84. The average Bonchev–Trinajstić information content (AvgIpc) is 3.66. The molecule has 13 nitrogen and oxygen atoms in total. The molecule has 1 aliphatic carbocycles. The van der Waals surface area contributed by atoms with Crippen molar-refractivity contribution in [1.29, 1.82) is 0 Å². The van der Waals surface area contributed by atoms with Gasteiger partial charge < -0.3 is 10.2 Å². The first-order valence-electron chi connectivity index (χ1n) is 17.7. The Morgan fingerprint density at radius 3 is 2.57 bits per heavy atom. The minimum Gasteiger partial charge on any atom is -0.318 e. The fraction of sp³-hybridized carbons (Fsp3) is 0.432. The normalized spacial score (nSPS) is 22.0. The Morgan fingerprint density at radius 2 is 1.82 bits per heavy atom. The first kappa shape index (κ1) is 32.9. The average molecular weight is 694 g/mol. The van der Waals surface area contributed by atoms with E-state index in [1.807, 2.05) is 23.0 Å². The van der Waals surface area contributed by atoms with Gasteiger partial charge in [0.2, 0.25) is 11.8 Å². The number of benzene rings is 2. The second kappa shape index (κ2) is 13.5. The van der Waals surface area contributed by atoms with Crippen LogP contribution in [0.15, 0.2) is 59.9 Å². The number of carbonyl (C=O) groups is 3. The number of imidazole rings is 1. The summed E-state index contributed by atoms with van der Waals surface area (Å²) in [7, 11) is 1.77. The molecule has 264 valence electrons. The van der Waals surface area contributed by atoms with Gasteiger partial charge in [0.15, 0.2) is 0 Å². The van der Waals surface area contributed by atoms with E-state index in [0.717, 1.165) is 80.1 Å². The number of carbonyl (C=O) groups excluding carboxylic acids is 3. The van der Waals surface area contributed by atoms with Gasteiger partial charge in [0.1, 0.15) is 17.6 Å². The zero-order chi connectivity index (χ0) is 35.2. The molecular formula is C37H40FN9O4. The van der Waals surface area contributed by atoms with Gasteiger partial charge in [-0.25, -0.2) is 14.2 Å². The molecule has 0 bridgehead atoms. The number of fused-ring (bicyclic) bond motifs is 2. The van der Waals surface area contributed by atoms with Gasteiger partial charge in [-0.15, -0.1) is 0 Å². The minimum atomic E-state index is -0.690. The molecule has 0 radical (unpaired) electrons. The summed E-state index contributed by atoms with van der Waals surface area (Å²) in [5, 5.41) is 10.4. The summed E-state index contributed by atoms with van der Waals surface area (Å²) in [5.74, 6) is -0.892. The summed E-state index contributed by atoms with van der Waals surface area (Å²) in [6.45, 7) is 3.01. The number of imide groups is 1. The Labute approximate surface area is 292 Å². The fourth-order valence-electron chi connectivity index (χ4n) is 8.36. The number of hydrogen-bond acceptors (Lipinski definition) is 8. The number of aromatic nitrogens is 6. The summed E-state index contributed by atoms with van der Waals surface area (Å²) in [6, 6.07) is 8.51. The Morgan fingerprint density at radius 1 is 1.02 bits per heavy atom. The van der Waals surface area contributed by atoms with Gasteiger partial charge in [-0.05, 0) is 87.6 Å². The van der Waals surface area contributed by atoms with E-state index >= 15 is 0 Å². The van der Waals surface area contributed by atoms with Crippen LogP contribution in [0.25, 0.3) is 21.9 Å². The number of rotatable bonds is 7. The topological polar surface area (TPSA) is 149 Å². The highest BCUT2D eigenvalue weighted by molar-refractivity contribution is 6.03. The third-order valence-corrected chi connectivity index (χ3v) is 11.0. The largest absolute Gasteiger partial charge is 0.329 e. The SMILES string of the molecule is Cn1c(=O)n(C2CCC(=O)NC2=O)c2cccc(C3CCN(CC4CCC(n5cc6cc(NC(=O)c7cnccn7)c(F)cc6n5)CC4)CC3)c21. The Hall–Kier alpha value is -5.24. The summed E-state index contributed by atoms with van der Waals surface area (Å²) in [4.78, 5) is 60.8. The van der Waals surface area contributed by atoms with E-state index in [9.17, 15) is 23.6 Å². The quantitative estimate of drug-likeness (QED) is 0.238.